The predicted octanol–water partition coefficient (Wildman–Crippen LogP) is 3.93. The summed E-state index contributed by atoms with van der Waals surface area (Å²) < 4.78 is 10.3. The van der Waals surface area contributed by atoms with Crippen molar-refractivity contribution in [1.29, 1.82) is 0 Å². The molecular formula is C16H12N2O4. The maximum Gasteiger partial charge on any atom is 0.344 e. The van der Waals surface area contributed by atoms with Gasteiger partial charge in [0.15, 0.2) is 5.69 Å². The van der Waals surface area contributed by atoms with E-state index in [4.69, 9.17) is 9.26 Å². The van der Waals surface area contributed by atoms with Gasteiger partial charge in [-0.15, -0.1) is 0 Å². The highest BCUT2D eigenvalue weighted by atomic mass is 16.6. The number of aromatic nitrogens is 1. The van der Waals surface area contributed by atoms with Gasteiger partial charge >= 0.3 is 5.69 Å². The van der Waals surface area contributed by atoms with E-state index in [1.165, 1.54) is 0 Å². The van der Waals surface area contributed by atoms with Crippen molar-refractivity contribution in [2.24, 2.45) is 0 Å². The fraction of sp³-hybridized carbons (Fsp3) is 0.0625. The molecule has 0 N–H and O–H groups in total. The highest BCUT2D eigenvalue weighted by molar-refractivity contribution is 5.80. The van der Waals surface area contributed by atoms with Crippen molar-refractivity contribution in [3.8, 4) is 28.3 Å². The molecule has 0 saturated heterocycles. The first-order chi connectivity index (χ1) is 10.7. The predicted molar refractivity (Wildman–Crippen MR) is 80.6 cm³/mol. The van der Waals surface area contributed by atoms with Crippen LogP contribution in [0.1, 0.15) is 0 Å². The Morgan fingerprint density at radius 3 is 2.32 bits per heavy atom. The maximum atomic E-state index is 11.5. The molecular weight excluding hydrogens is 284 g/mol. The van der Waals surface area contributed by atoms with Crippen LogP contribution in [0, 0.1) is 10.1 Å². The fourth-order valence-electron chi connectivity index (χ4n) is 2.17. The molecule has 3 aromatic rings. The van der Waals surface area contributed by atoms with Crippen LogP contribution in [-0.4, -0.2) is 17.2 Å². The van der Waals surface area contributed by atoms with Crippen LogP contribution in [0.2, 0.25) is 0 Å². The average molecular weight is 296 g/mol. The summed E-state index contributed by atoms with van der Waals surface area (Å²) in [7, 11) is 1.56. The maximum absolute atomic E-state index is 11.5. The van der Waals surface area contributed by atoms with E-state index in [0.717, 1.165) is 0 Å². The molecule has 0 spiro atoms. The number of nitro groups is 1. The molecule has 0 aliphatic rings. The number of benzene rings is 2. The fourth-order valence-corrected chi connectivity index (χ4v) is 2.17. The van der Waals surface area contributed by atoms with Gasteiger partial charge in [-0.05, 0) is 24.3 Å². The molecule has 2 aromatic carbocycles. The minimum absolute atomic E-state index is 0.142. The molecule has 0 amide bonds. The summed E-state index contributed by atoms with van der Waals surface area (Å²) in [5.41, 5.74) is 1.27. The summed E-state index contributed by atoms with van der Waals surface area (Å²) >= 11 is 0. The smallest absolute Gasteiger partial charge is 0.344 e. The average Bonchev–Trinajstić information content (AvgIpc) is 3.01. The van der Waals surface area contributed by atoms with Crippen molar-refractivity contribution in [2.75, 3.05) is 7.11 Å². The van der Waals surface area contributed by atoms with Crippen LogP contribution in [0.5, 0.6) is 5.75 Å². The lowest BCUT2D eigenvalue weighted by Gasteiger charge is -2.00. The highest BCUT2D eigenvalue weighted by Crippen LogP contribution is 2.38. The van der Waals surface area contributed by atoms with Gasteiger partial charge in [-0.25, -0.2) is 0 Å². The zero-order chi connectivity index (χ0) is 15.5. The number of nitrogens with zero attached hydrogens (tertiary/aromatic N) is 2. The van der Waals surface area contributed by atoms with E-state index in [2.05, 4.69) is 5.16 Å². The van der Waals surface area contributed by atoms with Gasteiger partial charge in [0.2, 0.25) is 5.76 Å². The molecule has 6 nitrogen and oxygen atoms in total. The second-order valence-electron chi connectivity index (χ2n) is 4.56. The van der Waals surface area contributed by atoms with Crippen LogP contribution >= 0.6 is 0 Å². The molecule has 0 saturated carbocycles. The van der Waals surface area contributed by atoms with E-state index in [0.29, 0.717) is 16.9 Å². The third kappa shape index (κ3) is 2.42. The van der Waals surface area contributed by atoms with Gasteiger partial charge in [0.25, 0.3) is 0 Å². The highest BCUT2D eigenvalue weighted by Gasteiger charge is 2.29. The van der Waals surface area contributed by atoms with Crippen LogP contribution in [0.25, 0.3) is 22.6 Å². The monoisotopic (exact) mass is 296 g/mol. The van der Waals surface area contributed by atoms with Gasteiger partial charge in [-0.3, -0.25) is 10.1 Å². The van der Waals surface area contributed by atoms with E-state index >= 15 is 0 Å². The van der Waals surface area contributed by atoms with Crippen LogP contribution in [0.15, 0.2) is 59.1 Å². The van der Waals surface area contributed by atoms with E-state index in [1.807, 2.05) is 6.07 Å². The first-order valence-electron chi connectivity index (χ1n) is 6.54. The van der Waals surface area contributed by atoms with Crippen molar-refractivity contribution in [1.82, 2.24) is 5.16 Å². The van der Waals surface area contributed by atoms with Gasteiger partial charge < -0.3 is 9.26 Å². The number of rotatable bonds is 4. The Kier molecular flexibility index (Phi) is 3.57. The van der Waals surface area contributed by atoms with Gasteiger partial charge in [0, 0.05) is 11.1 Å². The normalized spacial score (nSPS) is 10.4. The van der Waals surface area contributed by atoms with Gasteiger partial charge in [0.05, 0.1) is 12.0 Å². The zero-order valence-electron chi connectivity index (χ0n) is 11.7. The second-order valence-corrected chi connectivity index (χ2v) is 4.56. The van der Waals surface area contributed by atoms with Crippen LogP contribution in [-0.2, 0) is 0 Å². The lowest BCUT2D eigenvalue weighted by Crippen LogP contribution is -1.92. The van der Waals surface area contributed by atoms with E-state index < -0.39 is 4.92 Å². The molecule has 0 bridgehead atoms. The molecule has 0 radical (unpaired) electrons. The first kappa shape index (κ1) is 13.8. The molecule has 110 valence electrons. The third-order valence-electron chi connectivity index (χ3n) is 3.25. The van der Waals surface area contributed by atoms with Gasteiger partial charge in [-0.1, -0.05) is 35.5 Å². The van der Waals surface area contributed by atoms with Crippen LogP contribution in [0.4, 0.5) is 5.69 Å². The quantitative estimate of drug-likeness (QED) is 0.538. The topological polar surface area (TPSA) is 78.4 Å². The molecule has 0 unspecified atom stereocenters. The number of hydrogen-bond acceptors (Lipinski definition) is 5. The standard InChI is InChI=1S/C16H12N2O4/c1-21-13-9-7-11(8-10-13)14-15(18(19)20)16(22-17-14)12-5-3-2-4-6-12/h2-10H,1H3. The zero-order valence-corrected chi connectivity index (χ0v) is 11.7. The Labute approximate surface area is 126 Å². The minimum atomic E-state index is -0.474. The number of hydrogen-bond donors (Lipinski definition) is 0. The van der Waals surface area contributed by atoms with E-state index in [-0.39, 0.29) is 17.1 Å². The molecule has 3 rings (SSSR count). The summed E-state index contributed by atoms with van der Waals surface area (Å²) in [5.74, 6) is 0.814. The Bertz CT molecular complexity index is 795. The molecule has 6 heteroatoms. The minimum Gasteiger partial charge on any atom is -0.497 e. The lowest BCUT2D eigenvalue weighted by atomic mass is 10.1. The molecule has 1 aromatic heterocycles. The second kappa shape index (κ2) is 5.69. The van der Waals surface area contributed by atoms with Crippen molar-refractivity contribution < 1.29 is 14.2 Å². The van der Waals surface area contributed by atoms with E-state index in [1.54, 1.807) is 55.6 Å². The summed E-state index contributed by atoms with van der Waals surface area (Å²) in [5, 5.41) is 15.3. The third-order valence-corrected chi connectivity index (χ3v) is 3.25. The largest absolute Gasteiger partial charge is 0.497 e. The Morgan fingerprint density at radius 1 is 1.05 bits per heavy atom. The summed E-state index contributed by atoms with van der Waals surface area (Å²) in [6.45, 7) is 0. The Morgan fingerprint density at radius 2 is 1.73 bits per heavy atom. The summed E-state index contributed by atoms with van der Waals surface area (Å²) in [6.07, 6.45) is 0. The Balaban J connectivity index is 2.12. The van der Waals surface area contributed by atoms with Crippen LogP contribution in [0.3, 0.4) is 0 Å². The van der Waals surface area contributed by atoms with Gasteiger partial charge in [-0.2, -0.15) is 0 Å². The van der Waals surface area contributed by atoms with Crippen molar-refractivity contribution in [3.63, 3.8) is 0 Å². The number of ether oxygens (including phenoxy) is 1. The summed E-state index contributed by atoms with van der Waals surface area (Å²) in [4.78, 5) is 11.0. The van der Waals surface area contributed by atoms with Crippen molar-refractivity contribution >= 4 is 5.69 Å². The number of methoxy groups -OCH3 is 1. The molecule has 0 atom stereocenters. The lowest BCUT2D eigenvalue weighted by molar-refractivity contribution is -0.383. The molecule has 0 aliphatic carbocycles. The SMILES string of the molecule is COc1ccc(-c2noc(-c3ccccc3)c2[N+](=O)[O-])cc1. The summed E-state index contributed by atoms with van der Waals surface area (Å²) in [6, 6.07) is 15.7. The van der Waals surface area contributed by atoms with Crippen molar-refractivity contribution in [2.45, 2.75) is 0 Å². The molecule has 0 fully saturated rings. The molecule has 0 aliphatic heterocycles. The van der Waals surface area contributed by atoms with E-state index in [9.17, 15) is 10.1 Å². The molecule has 22 heavy (non-hydrogen) atoms. The first-order valence-corrected chi connectivity index (χ1v) is 6.54. The Hall–Kier alpha value is -3.15. The van der Waals surface area contributed by atoms with Crippen LogP contribution < -0.4 is 4.74 Å². The van der Waals surface area contributed by atoms with Gasteiger partial charge in [0.1, 0.15) is 5.75 Å². The molecule has 1 heterocycles. The van der Waals surface area contributed by atoms with Crippen molar-refractivity contribution in [3.05, 3.63) is 64.7 Å².